The second-order valence-corrected chi connectivity index (χ2v) is 8.56. The normalized spacial score (nSPS) is 37.1. The maximum absolute atomic E-state index is 11.0. The topological polar surface area (TPSA) is 68.3 Å². The summed E-state index contributed by atoms with van der Waals surface area (Å²) >= 11 is 1.42. The van der Waals surface area contributed by atoms with E-state index in [4.69, 9.17) is 0 Å². The molecule has 28 heavy (non-hydrogen) atoms. The highest BCUT2D eigenvalue weighted by atomic mass is 32.2. The van der Waals surface area contributed by atoms with Gasteiger partial charge in [-0.15, -0.1) is 0 Å². The molecule has 142 valence electrons. The zero-order valence-corrected chi connectivity index (χ0v) is 16.0. The lowest BCUT2D eigenvalue weighted by atomic mass is 9.80. The van der Waals surface area contributed by atoms with Gasteiger partial charge in [0.2, 0.25) is 11.6 Å². The average molecular weight is 392 g/mol. The van der Waals surface area contributed by atoms with Crippen LogP contribution in [0.4, 0.5) is 0 Å². The first-order chi connectivity index (χ1) is 13.5. The van der Waals surface area contributed by atoms with Gasteiger partial charge in [-0.1, -0.05) is 84.7 Å². The predicted molar refractivity (Wildman–Crippen MR) is 108 cm³/mol. The van der Waals surface area contributed by atoms with Gasteiger partial charge in [0.1, 0.15) is 5.78 Å². The van der Waals surface area contributed by atoms with Gasteiger partial charge in [-0.05, 0) is 0 Å². The molecule has 2 heterocycles. The lowest BCUT2D eigenvalue weighted by molar-refractivity contribution is -0.139. The number of hydrogen-bond donors (Lipinski definition) is 0. The van der Waals surface area contributed by atoms with Crippen LogP contribution in [0.3, 0.4) is 0 Å². The third kappa shape index (κ3) is 3.85. The molecule has 7 aliphatic carbocycles. The molecule has 0 fully saturated rings. The van der Waals surface area contributed by atoms with Gasteiger partial charge in [0.15, 0.2) is 5.12 Å². The monoisotopic (exact) mass is 392 g/mol. The van der Waals surface area contributed by atoms with Crippen molar-refractivity contribution >= 4 is 34.2 Å². The predicted octanol–water partition coefficient (Wildman–Crippen LogP) is 3.18. The van der Waals surface area contributed by atoms with E-state index in [1.54, 1.807) is 24.3 Å². The van der Waals surface area contributed by atoms with E-state index in [-0.39, 0.29) is 35.2 Å². The number of carbonyl (C=O) groups is 4. The molecule has 0 unspecified atom stereocenters. The van der Waals surface area contributed by atoms with E-state index in [0.717, 1.165) is 6.42 Å². The Morgan fingerprint density at radius 1 is 0.571 bits per heavy atom. The third-order valence-corrected chi connectivity index (χ3v) is 6.47. The first-order valence-corrected chi connectivity index (χ1v) is 10.3. The molecule has 9 aliphatic rings. The lowest BCUT2D eigenvalue weighted by Crippen LogP contribution is -2.33. The highest BCUT2D eigenvalue weighted by molar-refractivity contribution is 8.14. The van der Waals surface area contributed by atoms with Crippen LogP contribution >= 0.6 is 11.8 Å². The molecule has 0 aromatic carbocycles. The fraction of sp³-hybridized carbons (Fsp3) is 0.304. The van der Waals surface area contributed by atoms with Gasteiger partial charge >= 0.3 is 0 Å². The highest BCUT2D eigenvalue weighted by Gasteiger charge is 2.33. The SMILES string of the molecule is O=C1C(=O)C2C=CC1C=C2.O=C1CC2C=CC1C=C2.O=C1SC2C=CC1C=C2. The Hall–Kier alpha value is -2.53. The van der Waals surface area contributed by atoms with E-state index in [2.05, 4.69) is 24.3 Å². The van der Waals surface area contributed by atoms with E-state index in [0.29, 0.717) is 22.1 Å². The van der Waals surface area contributed by atoms with Gasteiger partial charge in [-0.2, -0.15) is 0 Å². The zero-order valence-electron chi connectivity index (χ0n) is 15.1. The summed E-state index contributed by atoms with van der Waals surface area (Å²) in [5, 5.41) is 0.632. The van der Waals surface area contributed by atoms with Crippen molar-refractivity contribution in [3.8, 4) is 0 Å². The molecule has 9 rings (SSSR count). The van der Waals surface area contributed by atoms with Crippen LogP contribution in [0.1, 0.15) is 6.42 Å². The Labute approximate surface area is 167 Å². The minimum absolute atomic E-state index is 0.0833. The molecule has 0 amide bonds. The highest BCUT2D eigenvalue weighted by Crippen LogP contribution is 2.31. The third-order valence-electron chi connectivity index (χ3n) is 5.38. The molecule has 0 saturated carbocycles. The number of rotatable bonds is 0. The quantitative estimate of drug-likeness (QED) is 0.468. The van der Waals surface area contributed by atoms with Crippen LogP contribution in [-0.4, -0.2) is 27.7 Å². The van der Waals surface area contributed by atoms with E-state index < -0.39 is 0 Å². The fourth-order valence-corrected chi connectivity index (χ4v) is 4.61. The van der Waals surface area contributed by atoms with Crippen LogP contribution in [0.5, 0.6) is 0 Å². The number of fused-ring (bicyclic) bond motifs is 3. The van der Waals surface area contributed by atoms with Gasteiger partial charge in [0.25, 0.3) is 0 Å². The molecule has 0 spiro atoms. The largest absolute Gasteiger partial charge is 0.299 e. The molecule has 4 nitrogen and oxygen atoms in total. The Morgan fingerprint density at radius 3 is 1.25 bits per heavy atom. The van der Waals surface area contributed by atoms with Crippen LogP contribution in [0, 0.1) is 29.6 Å². The van der Waals surface area contributed by atoms with Crippen molar-refractivity contribution in [2.75, 3.05) is 0 Å². The van der Waals surface area contributed by atoms with Gasteiger partial charge < -0.3 is 0 Å². The van der Waals surface area contributed by atoms with Gasteiger partial charge in [-0.25, -0.2) is 0 Å². The lowest BCUT2D eigenvalue weighted by Gasteiger charge is -2.22. The number of ketones is 3. The van der Waals surface area contributed by atoms with Gasteiger partial charge in [0.05, 0.1) is 23.7 Å². The second kappa shape index (κ2) is 7.84. The van der Waals surface area contributed by atoms with Crippen molar-refractivity contribution in [3.63, 3.8) is 0 Å². The zero-order chi connectivity index (χ0) is 19.7. The summed E-state index contributed by atoms with van der Waals surface area (Å²) in [6.45, 7) is 0. The molecule has 0 aromatic rings. The Kier molecular flexibility index (Phi) is 5.27. The second-order valence-electron chi connectivity index (χ2n) is 7.38. The summed E-state index contributed by atoms with van der Waals surface area (Å²) in [5.41, 5.74) is 0. The first kappa shape index (κ1) is 18.8. The van der Waals surface area contributed by atoms with Crippen molar-refractivity contribution in [2.45, 2.75) is 11.7 Å². The number of carbonyl (C=O) groups excluding carboxylic acids is 4. The minimum atomic E-state index is -0.255. The maximum Gasteiger partial charge on any atom is 0.209 e. The van der Waals surface area contributed by atoms with E-state index in [9.17, 15) is 19.2 Å². The maximum atomic E-state index is 11.0. The molecule has 5 heteroatoms. The Morgan fingerprint density at radius 2 is 1.04 bits per heavy atom. The summed E-state index contributed by atoms with van der Waals surface area (Å²) in [5.74, 6) is -0.0116. The summed E-state index contributed by atoms with van der Waals surface area (Å²) in [4.78, 5) is 43.7. The molecule has 0 radical (unpaired) electrons. The minimum Gasteiger partial charge on any atom is -0.299 e. The number of Topliss-reactive ketones (excluding diaryl/α,β-unsaturated/α-hetero) is 3. The van der Waals surface area contributed by atoms with Crippen molar-refractivity contribution < 1.29 is 19.2 Å². The molecular formula is C23H20O4S. The number of thioether (sulfide) groups is 1. The van der Waals surface area contributed by atoms with E-state index in [1.807, 2.05) is 24.3 Å². The van der Waals surface area contributed by atoms with Crippen molar-refractivity contribution in [3.05, 3.63) is 72.9 Å². The fourth-order valence-electron chi connectivity index (χ4n) is 3.69. The molecular weight excluding hydrogens is 372 g/mol. The summed E-state index contributed by atoms with van der Waals surface area (Å²) in [6.07, 6.45) is 24.2. The number of hydrogen-bond acceptors (Lipinski definition) is 5. The van der Waals surface area contributed by atoms with E-state index >= 15 is 0 Å². The molecule has 0 N–H and O–H groups in total. The van der Waals surface area contributed by atoms with Crippen LogP contribution in [0.15, 0.2) is 72.9 Å². The smallest absolute Gasteiger partial charge is 0.209 e. The van der Waals surface area contributed by atoms with Crippen LogP contribution < -0.4 is 0 Å². The van der Waals surface area contributed by atoms with E-state index in [1.165, 1.54) is 11.8 Å². The van der Waals surface area contributed by atoms with Crippen molar-refractivity contribution in [1.29, 1.82) is 0 Å². The van der Waals surface area contributed by atoms with Crippen LogP contribution in [-0.2, 0) is 19.2 Å². The molecule has 0 saturated heterocycles. The summed E-state index contributed by atoms with van der Waals surface area (Å²) in [7, 11) is 0. The van der Waals surface area contributed by atoms with Crippen molar-refractivity contribution in [1.82, 2.24) is 0 Å². The van der Waals surface area contributed by atoms with Crippen molar-refractivity contribution in [2.24, 2.45) is 29.6 Å². The summed E-state index contributed by atoms with van der Waals surface area (Å²) in [6, 6.07) is 0. The van der Waals surface area contributed by atoms with Gasteiger partial charge in [0, 0.05) is 17.6 Å². The number of allylic oxidation sites excluding steroid dienone is 10. The Balaban J connectivity index is 0.000000103. The molecule has 0 atom stereocenters. The summed E-state index contributed by atoms with van der Waals surface area (Å²) < 4.78 is 0. The Bertz CT molecular complexity index is 788. The first-order valence-electron chi connectivity index (χ1n) is 9.42. The standard InChI is InChI=1S/C8H6O2.C8H8O.C7H6OS/c9-7-5-1-2-6(4-3-5)8(7)10;9-8-5-6-1-3-7(8)4-2-6;8-7-5-1-3-6(9-7)4-2-5/h1-6H;1-4,6-7H,5H2;1-6H. The molecule has 2 aliphatic heterocycles. The molecule has 0 aromatic heterocycles. The van der Waals surface area contributed by atoms with Gasteiger partial charge in [-0.3, -0.25) is 19.2 Å². The molecule has 6 bridgehead atoms. The van der Waals surface area contributed by atoms with Crippen LogP contribution in [0.25, 0.3) is 0 Å². The van der Waals surface area contributed by atoms with Crippen LogP contribution in [0.2, 0.25) is 0 Å². The average Bonchev–Trinajstić information content (AvgIpc) is 2.74.